The van der Waals surface area contributed by atoms with Crippen molar-refractivity contribution in [2.45, 2.75) is 19.6 Å². The van der Waals surface area contributed by atoms with Gasteiger partial charge in [0.05, 0.1) is 24.7 Å². The van der Waals surface area contributed by atoms with Crippen LogP contribution in [-0.4, -0.2) is 53.2 Å². The maximum Gasteiger partial charge on any atom is 0.310 e. The average Bonchev–Trinajstić information content (AvgIpc) is 2.54. The van der Waals surface area contributed by atoms with Crippen molar-refractivity contribution >= 4 is 11.6 Å². The Morgan fingerprint density at radius 2 is 2.18 bits per heavy atom. The van der Waals surface area contributed by atoms with Crippen molar-refractivity contribution in [2.24, 2.45) is 0 Å². The summed E-state index contributed by atoms with van der Waals surface area (Å²) in [7, 11) is 0. The van der Waals surface area contributed by atoms with Crippen LogP contribution < -0.4 is 4.74 Å². The molecule has 1 N–H and O–H groups in total. The van der Waals surface area contributed by atoms with Crippen LogP contribution in [0, 0.1) is 10.1 Å². The number of nitro groups is 1. The molecule has 1 amide bonds. The molecule has 0 aliphatic carbocycles. The molecule has 8 nitrogen and oxygen atoms in total. The van der Waals surface area contributed by atoms with Gasteiger partial charge in [-0.1, -0.05) is 0 Å². The number of hydrogen-bond donors (Lipinski definition) is 1. The fraction of sp³-hybridized carbons (Fsp3) is 0.500. The summed E-state index contributed by atoms with van der Waals surface area (Å²) in [6.07, 6.45) is -0.856. The molecule has 1 saturated heterocycles. The molecule has 22 heavy (non-hydrogen) atoms. The first-order valence-electron chi connectivity index (χ1n) is 6.94. The minimum Gasteiger partial charge on any atom is -0.474 e. The number of morpholine rings is 1. The van der Waals surface area contributed by atoms with Crippen LogP contribution in [0.25, 0.3) is 0 Å². The molecule has 0 aromatic heterocycles. The Morgan fingerprint density at radius 3 is 2.77 bits per heavy atom. The maximum atomic E-state index is 12.3. The number of carbonyl (C=O) groups excluding carboxylic acids is 1. The number of aliphatic hydroxyl groups is 1. The van der Waals surface area contributed by atoms with Crippen molar-refractivity contribution in [3.63, 3.8) is 0 Å². The number of aliphatic hydroxyl groups excluding tert-OH is 1. The number of hydrogen-bond acceptors (Lipinski definition) is 6. The van der Waals surface area contributed by atoms with E-state index in [1.165, 1.54) is 18.2 Å². The largest absolute Gasteiger partial charge is 0.474 e. The van der Waals surface area contributed by atoms with Crippen LogP contribution >= 0.6 is 0 Å². The Balaban J connectivity index is 2.14. The molecule has 0 unspecified atom stereocenters. The molecule has 120 valence electrons. The first kappa shape index (κ1) is 16.2. The van der Waals surface area contributed by atoms with Crippen molar-refractivity contribution in [3.05, 3.63) is 33.9 Å². The number of amides is 1. The van der Waals surface area contributed by atoms with E-state index in [1.54, 1.807) is 11.8 Å². The molecule has 1 aromatic rings. The van der Waals surface area contributed by atoms with Gasteiger partial charge in [-0.25, -0.2) is 0 Å². The van der Waals surface area contributed by atoms with E-state index in [2.05, 4.69) is 0 Å². The fourth-order valence-corrected chi connectivity index (χ4v) is 2.18. The number of benzene rings is 1. The van der Waals surface area contributed by atoms with Gasteiger partial charge in [0.15, 0.2) is 11.9 Å². The Labute approximate surface area is 127 Å². The van der Waals surface area contributed by atoms with Gasteiger partial charge in [0.1, 0.15) is 0 Å². The zero-order valence-electron chi connectivity index (χ0n) is 12.2. The SMILES string of the molecule is C[C@H](Oc1cc(CO)ccc1[N+](=O)[O-])C(=O)N1CCOCC1. The van der Waals surface area contributed by atoms with E-state index < -0.39 is 11.0 Å². The van der Waals surface area contributed by atoms with Gasteiger partial charge in [-0.3, -0.25) is 14.9 Å². The van der Waals surface area contributed by atoms with Crippen LogP contribution in [0.4, 0.5) is 5.69 Å². The second kappa shape index (κ2) is 7.19. The summed E-state index contributed by atoms with van der Waals surface area (Å²) in [5.74, 6) is -0.266. The fourth-order valence-electron chi connectivity index (χ4n) is 2.18. The molecule has 1 fully saturated rings. The summed E-state index contributed by atoms with van der Waals surface area (Å²) in [4.78, 5) is 24.3. The van der Waals surface area contributed by atoms with E-state index in [1.807, 2.05) is 0 Å². The van der Waals surface area contributed by atoms with E-state index in [0.717, 1.165) is 0 Å². The molecule has 0 spiro atoms. The van der Waals surface area contributed by atoms with E-state index in [4.69, 9.17) is 14.6 Å². The molecule has 1 aliphatic heterocycles. The van der Waals surface area contributed by atoms with E-state index >= 15 is 0 Å². The van der Waals surface area contributed by atoms with Crippen LogP contribution in [-0.2, 0) is 16.1 Å². The van der Waals surface area contributed by atoms with Crippen LogP contribution in [0.5, 0.6) is 5.75 Å². The molecule has 1 atom stereocenters. The summed E-state index contributed by atoms with van der Waals surface area (Å²) in [6.45, 7) is 3.18. The Morgan fingerprint density at radius 1 is 1.50 bits per heavy atom. The highest BCUT2D eigenvalue weighted by atomic mass is 16.6. The van der Waals surface area contributed by atoms with Crippen molar-refractivity contribution in [1.82, 2.24) is 4.90 Å². The zero-order valence-corrected chi connectivity index (χ0v) is 12.2. The monoisotopic (exact) mass is 310 g/mol. The summed E-state index contributed by atoms with van der Waals surface area (Å²) >= 11 is 0. The number of nitro benzene ring substituents is 1. The van der Waals surface area contributed by atoms with Crippen molar-refractivity contribution < 1.29 is 24.3 Å². The third kappa shape index (κ3) is 3.71. The van der Waals surface area contributed by atoms with Crippen LogP contribution in [0.3, 0.4) is 0 Å². The van der Waals surface area contributed by atoms with E-state index in [-0.39, 0.29) is 24.0 Å². The lowest BCUT2D eigenvalue weighted by atomic mass is 10.2. The topological polar surface area (TPSA) is 102 Å². The zero-order chi connectivity index (χ0) is 16.1. The third-order valence-corrected chi connectivity index (χ3v) is 3.38. The second-order valence-electron chi connectivity index (χ2n) is 4.92. The van der Waals surface area contributed by atoms with Gasteiger partial charge >= 0.3 is 5.69 Å². The predicted molar refractivity (Wildman–Crippen MR) is 76.5 cm³/mol. The summed E-state index contributed by atoms with van der Waals surface area (Å²) in [6, 6.07) is 4.08. The standard InChI is InChI=1S/C14H18N2O6/c1-10(14(18)15-4-6-21-7-5-15)22-13-8-11(9-17)2-3-12(13)16(19)20/h2-3,8,10,17H,4-7,9H2,1H3/t10-/m0/s1. The summed E-state index contributed by atoms with van der Waals surface area (Å²) < 4.78 is 10.7. The van der Waals surface area contributed by atoms with Crippen molar-refractivity contribution in [2.75, 3.05) is 26.3 Å². The quantitative estimate of drug-likeness (QED) is 0.635. The molecule has 1 heterocycles. The molecular weight excluding hydrogens is 292 g/mol. The molecule has 1 aromatic carbocycles. The van der Waals surface area contributed by atoms with Crippen LogP contribution in [0.2, 0.25) is 0 Å². The Bertz CT molecular complexity index is 556. The number of ether oxygens (including phenoxy) is 2. The first-order valence-corrected chi connectivity index (χ1v) is 6.94. The van der Waals surface area contributed by atoms with Gasteiger partial charge in [-0.15, -0.1) is 0 Å². The molecule has 2 rings (SSSR count). The number of nitrogens with zero attached hydrogens (tertiary/aromatic N) is 2. The minimum atomic E-state index is -0.856. The van der Waals surface area contributed by atoms with Gasteiger partial charge < -0.3 is 19.5 Å². The normalized spacial score (nSPS) is 16.2. The highest BCUT2D eigenvalue weighted by Gasteiger charge is 2.26. The van der Waals surface area contributed by atoms with Crippen LogP contribution in [0.1, 0.15) is 12.5 Å². The summed E-state index contributed by atoms with van der Waals surface area (Å²) in [5, 5.41) is 20.1. The minimum absolute atomic E-state index is 0.0225. The van der Waals surface area contributed by atoms with E-state index in [0.29, 0.717) is 31.9 Å². The Hall–Kier alpha value is -2.19. The molecule has 0 bridgehead atoms. The number of rotatable bonds is 5. The van der Waals surface area contributed by atoms with Crippen molar-refractivity contribution in [3.8, 4) is 5.75 Å². The van der Waals surface area contributed by atoms with Crippen LogP contribution in [0.15, 0.2) is 18.2 Å². The molecule has 1 aliphatic rings. The average molecular weight is 310 g/mol. The molecule has 0 radical (unpaired) electrons. The number of carbonyl (C=O) groups is 1. The third-order valence-electron chi connectivity index (χ3n) is 3.38. The molecular formula is C14H18N2O6. The second-order valence-corrected chi connectivity index (χ2v) is 4.92. The lowest BCUT2D eigenvalue weighted by Crippen LogP contribution is -2.46. The molecule has 0 saturated carbocycles. The predicted octanol–water partition coefficient (Wildman–Crippen LogP) is 0.713. The van der Waals surface area contributed by atoms with Crippen molar-refractivity contribution in [1.29, 1.82) is 0 Å². The van der Waals surface area contributed by atoms with Gasteiger partial charge in [-0.2, -0.15) is 0 Å². The maximum absolute atomic E-state index is 12.3. The smallest absolute Gasteiger partial charge is 0.310 e. The van der Waals surface area contributed by atoms with Gasteiger partial charge in [0.2, 0.25) is 0 Å². The Kier molecular flexibility index (Phi) is 5.29. The van der Waals surface area contributed by atoms with E-state index in [9.17, 15) is 14.9 Å². The highest BCUT2D eigenvalue weighted by molar-refractivity contribution is 5.81. The summed E-state index contributed by atoms with van der Waals surface area (Å²) in [5.41, 5.74) is 0.241. The van der Waals surface area contributed by atoms with Gasteiger partial charge in [0.25, 0.3) is 5.91 Å². The van der Waals surface area contributed by atoms with Gasteiger partial charge in [0, 0.05) is 19.2 Å². The highest BCUT2D eigenvalue weighted by Crippen LogP contribution is 2.29. The first-order chi connectivity index (χ1) is 10.5. The lowest BCUT2D eigenvalue weighted by Gasteiger charge is -2.29. The lowest BCUT2D eigenvalue weighted by molar-refractivity contribution is -0.386. The van der Waals surface area contributed by atoms with Gasteiger partial charge in [-0.05, 0) is 24.6 Å². The molecule has 8 heteroatoms.